The molecule has 1 aliphatic rings. The Morgan fingerprint density at radius 1 is 1.00 bits per heavy atom. The summed E-state index contributed by atoms with van der Waals surface area (Å²) >= 11 is 0. The molecule has 2 rings (SSSR count). The van der Waals surface area contributed by atoms with Crippen LogP contribution in [0.4, 0.5) is 4.79 Å². The SMILES string of the molecule is CCC1(c2ccccc2)CN(C(C)(C)C)C(=O)N1C(C)(C)C. The average Bonchev–Trinajstić information content (AvgIpc) is 2.73. The predicted octanol–water partition coefficient (Wildman–Crippen LogP) is 4.63. The van der Waals surface area contributed by atoms with Gasteiger partial charge in [-0.1, -0.05) is 37.3 Å². The standard InChI is InChI=1S/C19H30N2O/c1-8-19(15-12-10-9-11-13-15)14-20(17(2,3)4)16(22)21(19)18(5,6)7/h9-13H,8,14H2,1-7H3. The fraction of sp³-hybridized carbons (Fsp3) is 0.632. The molecule has 1 aromatic carbocycles. The zero-order chi connectivity index (χ0) is 16.8. The maximum absolute atomic E-state index is 13.2. The molecule has 2 amide bonds. The second kappa shape index (κ2) is 5.29. The van der Waals surface area contributed by atoms with Gasteiger partial charge in [0, 0.05) is 11.1 Å². The van der Waals surface area contributed by atoms with Crippen molar-refractivity contribution in [2.45, 2.75) is 71.5 Å². The quantitative estimate of drug-likeness (QED) is 0.781. The minimum atomic E-state index is -0.260. The molecule has 1 heterocycles. The van der Waals surface area contributed by atoms with Crippen molar-refractivity contribution >= 4 is 6.03 Å². The molecule has 0 aromatic heterocycles. The van der Waals surface area contributed by atoms with Gasteiger partial charge in [0.25, 0.3) is 0 Å². The fourth-order valence-electron chi connectivity index (χ4n) is 3.60. The topological polar surface area (TPSA) is 23.6 Å². The van der Waals surface area contributed by atoms with Gasteiger partial charge in [-0.25, -0.2) is 4.79 Å². The molecule has 0 bridgehead atoms. The van der Waals surface area contributed by atoms with Crippen LogP contribution in [0.25, 0.3) is 0 Å². The fourth-order valence-corrected chi connectivity index (χ4v) is 3.60. The third kappa shape index (κ3) is 2.62. The van der Waals surface area contributed by atoms with Crippen LogP contribution in [0.1, 0.15) is 60.5 Å². The molecule has 0 aliphatic carbocycles. The second-order valence-corrected chi connectivity index (χ2v) is 8.30. The maximum Gasteiger partial charge on any atom is 0.321 e. The Morgan fingerprint density at radius 2 is 1.55 bits per heavy atom. The van der Waals surface area contributed by atoms with Crippen LogP contribution >= 0.6 is 0 Å². The number of carbonyl (C=O) groups is 1. The van der Waals surface area contributed by atoms with E-state index in [-0.39, 0.29) is 22.6 Å². The lowest BCUT2D eigenvalue weighted by Gasteiger charge is -2.45. The normalized spacial score (nSPS) is 23.3. The Bertz CT molecular complexity index is 539. The van der Waals surface area contributed by atoms with Gasteiger partial charge in [-0.2, -0.15) is 0 Å². The van der Waals surface area contributed by atoms with Crippen molar-refractivity contribution in [3.8, 4) is 0 Å². The Kier molecular flexibility index (Phi) is 4.05. The van der Waals surface area contributed by atoms with Gasteiger partial charge in [0.05, 0.1) is 12.1 Å². The molecule has 0 radical (unpaired) electrons. The Hall–Kier alpha value is -1.51. The zero-order valence-electron chi connectivity index (χ0n) is 15.1. The lowest BCUT2D eigenvalue weighted by molar-refractivity contribution is 0.0735. The summed E-state index contributed by atoms with van der Waals surface area (Å²) in [5.74, 6) is 0. The largest absolute Gasteiger partial charge is 0.321 e. The molecule has 1 atom stereocenters. The second-order valence-electron chi connectivity index (χ2n) is 8.30. The van der Waals surface area contributed by atoms with Crippen molar-refractivity contribution in [1.29, 1.82) is 0 Å². The van der Waals surface area contributed by atoms with E-state index in [0.29, 0.717) is 0 Å². The number of urea groups is 1. The third-order valence-corrected chi connectivity index (χ3v) is 4.65. The van der Waals surface area contributed by atoms with E-state index in [0.717, 1.165) is 13.0 Å². The zero-order valence-corrected chi connectivity index (χ0v) is 15.1. The number of hydrogen-bond acceptors (Lipinski definition) is 1. The monoisotopic (exact) mass is 302 g/mol. The first-order chi connectivity index (χ1) is 10.0. The lowest BCUT2D eigenvalue weighted by atomic mass is 9.83. The van der Waals surface area contributed by atoms with Gasteiger partial charge >= 0.3 is 6.03 Å². The van der Waals surface area contributed by atoms with Crippen LogP contribution in [0.15, 0.2) is 30.3 Å². The van der Waals surface area contributed by atoms with Crippen LogP contribution in [0.2, 0.25) is 0 Å². The minimum Gasteiger partial charge on any atom is -0.317 e. The van der Waals surface area contributed by atoms with Crippen molar-refractivity contribution in [2.75, 3.05) is 6.54 Å². The average molecular weight is 302 g/mol. The van der Waals surface area contributed by atoms with Crippen molar-refractivity contribution in [3.63, 3.8) is 0 Å². The summed E-state index contributed by atoms with van der Waals surface area (Å²) in [6.07, 6.45) is 0.909. The Morgan fingerprint density at radius 3 is 1.95 bits per heavy atom. The first kappa shape index (κ1) is 16.9. The van der Waals surface area contributed by atoms with Gasteiger partial charge in [-0.05, 0) is 53.5 Å². The molecule has 1 fully saturated rings. The van der Waals surface area contributed by atoms with Crippen molar-refractivity contribution < 1.29 is 4.79 Å². The predicted molar refractivity (Wildman–Crippen MR) is 91.9 cm³/mol. The van der Waals surface area contributed by atoms with E-state index in [1.807, 2.05) is 11.0 Å². The highest BCUT2D eigenvalue weighted by molar-refractivity contribution is 5.80. The van der Waals surface area contributed by atoms with Gasteiger partial charge in [0.2, 0.25) is 0 Å². The highest BCUT2D eigenvalue weighted by Crippen LogP contribution is 2.45. The molecule has 3 heteroatoms. The van der Waals surface area contributed by atoms with E-state index in [1.54, 1.807) is 0 Å². The number of amides is 2. The summed E-state index contributed by atoms with van der Waals surface area (Å²) in [5, 5.41) is 0. The van der Waals surface area contributed by atoms with Crippen LogP contribution in [-0.2, 0) is 5.54 Å². The highest BCUT2D eigenvalue weighted by Gasteiger charge is 2.55. The van der Waals surface area contributed by atoms with Gasteiger partial charge in [-0.15, -0.1) is 0 Å². The number of benzene rings is 1. The first-order valence-electron chi connectivity index (χ1n) is 8.21. The third-order valence-electron chi connectivity index (χ3n) is 4.65. The molecule has 0 N–H and O–H groups in total. The molecular formula is C19H30N2O. The Balaban J connectivity index is 2.62. The van der Waals surface area contributed by atoms with E-state index in [9.17, 15) is 4.79 Å². The molecule has 0 spiro atoms. The van der Waals surface area contributed by atoms with Gasteiger partial charge in [0.1, 0.15) is 0 Å². The lowest BCUT2D eigenvalue weighted by Crippen LogP contribution is -2.54. The summed E-state index contributed by atoms with van der Waals surface area (Å²) in [6, 6.07) is 10.6. The van der Waals surface area contributed by atoms with E-state index < -0.39 is 0 Å². The van der Waals surface area contributed by atoms with Crippen LogP contribution < -0.4 is 0 Å². The molecule has 1 aliphatic heterocycles. The molecule has 122 valence electrons. The summed E-state index contributed by atoms with van der Waals surface area (Å²) < 4.78 is 0. The summed E-state index contributed by atoms with van der Waals surface area (Å²) in [4.78, 5) is 17.3. The number of carbonyl (C=O) groups excluding carboxylic acids is 1. The van der Waals surface area contributed by atoms with E-state index in [1.165, 1.54) is 5.56 Å². The van der Waals surface area contributed by atoms with Crippen molar-refractivity contribution in [1.82, 2.24) is 9.80 Å². The molecule has 1 unspecified atom stereocenters. The van der Waals surface area contributed by atoms with E-state index in [2.05, 4.69) is 77.6 Å². The van der Waals surface area contributed by atoms with E-state index in [4.69, 9.17) is 0 Å². The van der Waals surface area contributed by atoms with Crippen LogP contribution in [0, 0.1) is 0 Å². The number of rotatable bonds is 2. The molecule has 0 saturated carbocycles. The molecular weight excluding hydrogens is 272 g/mol. The molecule has 22 heavy (non-hydrogen) atoms. The molecule has 3 nitrogen and oxygen atoms in total. The Labute approximate surface area is 135 Å². The highest BCUT2D eigenvalue weighted by atomic mass is 16.2. The number of hydrogen-bond donors (Lipinski definition) is 0. The summed E-state index contributed by atoms with van der Waals surface area (Å²) in [5.41, 5.74) is 0.576. The van der Waals surface area contributed by atoms with Crippen molar-refractivity contribution in [2.24, 2.45) is 0 Å². The van der Waals surface area contributed by atoms with Crippen LogP contribution in [-0.4, -0.2) is 33.5 Å². The molecule has 1 saturated heterocycles. The van der Waals surface area contributed by atoms with Crippen LogP contribution in [0.3, 0.4) is 0 Å². The smallest absolute Gasteiger partial charge is 0.317 e. The van der Waals surface area contributed by atoms with E-state index >= 15 is 0 Å². The molecule has 1 aromatic rings. The first-order valence-corrected chi connectivity index (χ1v) is 8.21. The summed E-state index contributed by atoms with van der Waals surface area (Å²) in [6.45, 7) is 15.7. The summed E-state index contributed by atoms with van der Waals surface area (Å²) in [7, 11) is 0. The minimum absolute atomic E-state index is 0.144. The van der Waals surface area contributed by atoms with Gasteiger partial charge in [-0.3, -0.25) is 0 Å². The van der Waals surface area contributed by atoms with Gasteiger partial charge < -0.3 is 9.80 Å². The van der Waals surface area contributed by atoms with Crippen LogP contribution in [0.5, 0.6) is 0 Å². The maximum atomic E-state index is 13.2. The number of nitrogens with zero attached hydrogens (tertiary/aromatic N) is 2. The van der Waals surface area contributed by atoms with Gasteiger partial charge in [0.15, 0.2) is 0 Å². The van der Waals surface area contributed by atoms with Crippen molar-refractivity contribution in [3.05, 3.63) is 35.9 Å².